The van der Waals surface area contributed by atoms with Gasteiger partial charge in [-0.05, 0) is 48.7 Å². The fraction of sp³-hybridized carbons (Fsp3) is 0.360. The van der Waals surface area contributed by atoms with Gasteiger partial charge in [0.1, 0.15) is 24.7 Å². The SMILES string of the molecule is COc1cccc(C2/C(=C(\O)c3ccc4c(c3)OCCO4)C(=O)C(=O)N2CC2CCCO2)c1. The Morgan fingerprint density at radius 3 is 2.67 bits per heavy atom. The third-order valence-electron chi connectivity index (χ3n) is 6.19. The van der Waals surface area contributed by atoms with E-state index in [1.165, 1.54) is 4.90 Å². The Kier molecular flexibility index (Phi) is 5.68. The van der Waals surface area contributed by atoms with E-state index in [-0.39, 0.29) is 24.0 Å². The number of carbonyl (C=O) groups is 2. The van der Waals surface area contributed by atoms with Gasteiger partial charge in [-0.15, -0.1) is 0 Å². The Labute approximate surface area is 191 Å². The number of nitrogens with zero attached hydrogens (tertiary/aromatic N) is 1. The molecule has 0 saturated carbocycles. The number of aliphatic hydroxyl groups excluding tert-OH is 1. The van der Waals surface area contributed by atoms with E-state index in [4.69, 9.17) is 18.9 Å². The molecule has 3 aliphatic heterocycles. The van der Waals surface area contributed by atoms with Crippen molar-refractivity contribution in [2.24, 2.45) is 0 Å². The number of Topliss-reactive ketones (excluding diaryl/α,β-unsaturated/α-hetero) is 1. The first-order chi connectivity index (χ1) is 16.1. The zero-order chi connectivity index (χ0) is 22.9. The summed E-state index contributed by atoms with van der Waals surface area (Å²) in [6.45, 7) is 1.75. The minimum Gasteiger partial charge on any atom is -0.507 e. The summed E-state index contributed by atoms with van der Waals surface area (Å²) in [6.07, 6.45) is 1.58. The molecule has 2 saturated heterocycles. The van der Waals surface area contributed by atoms with E-state index >= 15 is 0 Å². The van der Waals surface area contributed by atoms with Crippen LogP contribution in [0.2, 0.25) is 0 Å². The second-order valence-electron chi connectivity index (χ2n) is 8.22. The first-order valence-corrected chi connectivity index (χ1v) is 11.0. The normalized spacial score (nSPS) is 23.7. The third-order valence-corrected chi connectivity index (χ3v) is 6.19. The van der Waals surface area contributed by atoms with Gasteiger partial charge in [-0.2, -0.15) is 0 Å². The number of hydrogen-bond acceptors (Lipinski definition) is 7. The van der Waals surface area contributed by atoms with Crippen molar-refractivity contribution in [3.63, 3.8) is 0 Å². The van der Waals surface area contributed by atoms with Gasteiger partial charge in [0.15, 0.2) is 11.5 Å². The molecule has 2 aromatic carbocycles. The van der Waals surface area contributed by atoms with Crippen LogP contribution in [0.5, 0.6) is 17.2 Å². The van der Waals surface area contributed by atoms with Crippen LogP contribution in [-0.2, 0) is 14.3 Å². The average Bonchev–Trinajstić information content (AvgIpc) is 3.45. The number of carbonyl (C=O) groups excluding carboxylic acids is 2. The van der Waals surface area contributed by atoms with Crippen molar-refractivity contribution >= 4 is 17.4 Å². The highest BCUT2D eigenvalue weighted by Crippen LogP contribution is 2.42. The number of hydrogen-bond donors (Lipinski definition) is 1. The van der Waals surface area contributed by atoms with Crippen LogP contribution in [0.1, 0.15) is 30.0 Å². The van der Waals surface area contributed by atoms with Crippen LogP contribution in [0, 0.1) is 0 Å². The lowest BCUT2D eigenvalue weighted by Crippen LogP contribution is -2.36. The zero-order valence-electron chi connectivity index (χ0n) is 18.3. The second kappa shape index (κ2) is 8.78. The van der Waals surface area contributed by atoms with Crippen LogP contribution >= 0.6 is 0 Å². The summed E-state index contributed by atoms with van der Waals surface area (Å²) in [5.74, 6) is 0.00549. The molecule has 5 rings (SSSR count). The molecule has 2 atom stereocenters. The van der Waals surface area contributed by atoms with Gasteiger partial charge in [-0.1, -0.05) is 12.1 Å². The van der Waals surface area contributed by atoms with Crippen LogP contribution in [-0.4, -0.2) is 61.3 Å². The van der Waals surface area contributed by atoms with E-state index in [2.05, 4.69) is 0 Å². The Hall–Kier alpha value is -3.52. The van der Waals surface area contributed by atoms with Crippen molar-refractivity contribution in [2.75, 3.05) is 33.5 Å². The summed E-state index contributed by atoms with van der Waals surface area (Å²) in [5, 5.41) is 11.3. The number of benzene rings is 2. The summed E-state index contributed by atoms with van der Waals surface area (Å²) in [7, 11) is 1.55. The molecule has 2 fully saturated rings. The maximum atomic E-state index is 13.2. The molecule has 1 amide bonds. The summed E-state index contributed by atoms with van der Waals surface area (Å²) in [6, 6.07) is 11.4. The molecule has 2 aromatic rings. The van der Waals surface area contributed by atoms with Gasteiger partial charge in [0, 0.05) is 18.7 Å². The molecule has 172 valence electrons. The first-order valence-electron chi connectivity index (χ1n) is 11.0. The molecule has 0 spiro atoms. The predicted octanol–water partition coefficient (Wildman–Crippen LogP) is 3.07. The molecule has 0 radical (unpaired) electrons. The van der Waals surface area contributed by atoms with Crippen molar-refractivity contribution < 1.29 is 33.6 Å². The quantitative estimate of drug-likeness (QED) is 0.424. The number of fused-ring (bicyclic) bond motifs is 1. The van der Waals surface area contributed by atoms with E-state index in [9.17, 15) is 14.7 Å². The lowest BCUT2D eigenvalue weighted by atomic mass is 9.95. The summed E-state index contributed by atoms with van der Waals surface area (Å²) >= 11 is 0. The van der Waals surface area contributed by atoms with Crippen LogP contribution in [0.4, 0.5) is 0 Å². The minimum atomic E-state index is -0.766. The maximum Gasteiger partial charge on any atom is 0.295 e. The highest BCUT2D eigenvalue weighted by molar-refractivity contribution is 6.46. The molecule has 3 aliphatic rings. The van der Waals surface area contributed by atoms with Gasteiger partial charge in [0.25, 0.3) is 11.7 Å². The van der Waals surface area contributed by atoms with Crippen molar-refractivity contribution in [3.8, 4) is 17.2 Å². The topological polar surface area (TPSA) is 94.5 Å². The third kappa shape index (κ3) is 3.91. The molecule has 1 N–H and O–H groups in total. The Bertz CT molecular complexity index is 1120. The number of rotatable bonds is 5. The van der Waals surface area contributed by atoms with E-state index in [1.54, 1.807) is 43.5 Å². The van der Waals surface area contributed by atoms with Gasteiger partial charge in [0.2, 0.25) is 0 Å². The van der Waals surface area contributed by atoms with Crippen LogP contribution in [0.15, 0.2) is 48.0 Å². The van der Waals surface area contributed by atoms with Crippen molar-refractivity contribution in [1.29, 1.82) is 0 Å². The Morgan fingerprint density at radius 2 is 1.91 bits per heavy atom. The minimum absolute atomic E-state index is 0.0305. The molecule has 0 aromatic heterocycles. The van der Waals surface area contributed by atoms with Gasteiger partial charge < -0.3 is 29.0 Å². The molecule has 8 heteroatoms. The molecule has 2 unspecified atom stereocenters. The first kappa shape index (κ1) is 21.3. The summed E-state index contributed by atoms with van der Waals surface area (Å²) in [4.78, 5) is 27.8. The van der Waals surface area contributed by atoms with E-state index in [0.29, 0.717) is 48.2 Å². The predicted molar refractivity (Wildman–Crippen MR) is 118 cm³/mol. The Morgan fingerprint density at radius 1 is 1.09 bits per heavy atom. The van der Waals surface area contributed by atoms with E-state index < -0.39 is 17.7 Å². The zero-order valence-corrected chi connectivity index (χ0v) is 18.3. The number of ether oxygens (including phenoxy) is 4. The molecule has 8 nitrogen and oxygen atoms in total. The van der Waals surface area contributed by atoms with Crippen LogP contribution < -0.4 is 14.2 Å². The van der Waals surface area contributed by atoms with E-state index in [0.717, 1.165) is 12.8 Å². The molecule has 0 aliphatic carbocycles. The van der Waals surface area contributed by atoms with Crippen molar-refractivity contribution in [3.05, 3.63) is 59.2 Å². The maximum absolute atomic E-state index is 13.2. The molecule has 3 heterocycles. The van der Waals surface area contributed by atoms with Gasteiger partial charge in [-0.25, -0.2) is 0 Å². The number of ketones is 1. The lowest BCUT2D eigenvalue weighted by molar-refractivity contribution is -0.140. The average molecular weight is 451 g/mol. The van der Waals surface area contributed by atoms with Gasteiger partial charge in [-0.3, -0.25) is 9.59 Å². The monoisotopic (exact) mass is 451 g/mol. The van der Waals surface area contributed by atoms with E-state index in [1.807, 2.05) is 6.07 Å². The lowest BCUT2D eigenvalue weighted by Gasteiger charge is -2.27. The largest absolute Gasteiger partial charge is 0.507 e. The van der Waals surface area contributed by atoms with Gasteiger partial charge >= 0.3 is 0 Å². The van der Waals surface area contributed by atoms with Crippen LogP contribution in [0.3, 0.4) is 0 Å². The molecular weight excluding hydrogens is 426 g/mol. The fourth-order valence-corrected chi connectivity index (χ4v) is 4.58. The van der Waals surface area contributed by atoms with Crippen molar-refractivity contribution in [1.82, 2.24) is 4.90 Å². The molecular formula is C25H25NO7. The smallest absolute Gasteiger partial charge is 0.295 e. The van der Waals surface area contributed by atoms with Crippen molar-refractivity contribution in [2.45, 2.75) is 25.0 Å². The highest BCUT2D eigenvalue weighted by Gasteiger charge is 2.47. The number of aliphatic hydroxyl groups is 1. The molecule has 0 bridgehead atoms. The van der Waals surface area contributed by atoms with Crippen LogP contribution in [0.25, 0.3) is 5.76 Å². The standard InChI is InChI=1S/C25H25NO7/c1-30-17-5-2-4-15(12-17)22-21(24(28)25(29)26(22)14-18-6-3-9-31-18)23(27)16-7-8-19-20(13-16)33-11-10-32-19/h2,4-5,7-8,12-13,18,22,27H,3,6,9-11,14H2,1H3/b23-21+. The second-order valence-corrected chi connectivity index (χ2v) is 8.22. The number of likely N-dealkylation sites (tertiary alicyclic amines) is 1. The summed E-state index contributed by atoms with van der Waals surface area (Å²) in [5.41, 5.74) is 1.08. The highest BCUT2D eigenvalue weighted by atomic mass is 16.6. The Balaban J connectivity index is 1.61. The summed E-state index contributed by atoms with van der Waals surface area (Å²) < 4.78 is 22.3. The molecule has 33 heavy (non-hydrogen) atoms. The van der Waals surface area contributed by atoms with Gasteiger partial charge in [0.05, 0.1) is 24.8 Å². The fourth-order valence-electron chi connectivity index (χ4n) is 4.58. The number of amides is 1. The number of methoxy groups -OCH3 is 1.